The van der Waals surface area contributed by atoms with Gasteiger partial charge in [0.2, 0.25) is 12.7 Å². The Kier molecular flexibility index (Phi) is 4.25. The highest BCUT2D eigenvalue weighted by Gasteiger charge is 2.28. The van der Waals surface area contributed by atoms with Gasteiger partial charge in [0.1, 0.15) is 5.56 Å². The molecule has 3 aromatic rings. The van der Waals surface area contributed by atoms with Gasteiger partial charge in [-0.3, -0.25) is 9.78 Å². The van der Waals surface area contributed by atoms with Gasteiger partial charge in [-0.1, -0.05) is 23.7 Å². The molecule has 0 fully saturated rings. The summed E-state index contributed by atoms with van der Waals surface area (Å²) >= 11 is 6.00. The van der Waals surface area contributed by atoms with Crippen LogP contribution in [0, 0.1) is 0 Å². The molecule has 0 amide bonds. The fraction of sp³-hybridized carbons (Fsp3) is 0.150. The Balaban J connectivity index is 1.51. The van der Waals surface area contributed by atoms with E-state index in [9.17, 15) is 14.7 Å². The van der Waals surface area contributed by atoms with Crippen molar-refractivity contribution in [1.82, 2.24) is 15.0 Å². The zero-order valence-corrected chi connectivity index (χ0v) is 16.1. The Bertz CT molecular complexity index is 1310. The van der Waals surface area contributed by atoms with Crippen molar-refractivity contribution in [3.05, 3.63) is 79.5 Å². The maximum atomic E-state index is 12.5. The molecular weight excluding hydrogens is 412 g/mol. The van der Waals surface area contributed by atoms with E-state index in [1.54, 1.807) is 24.3 Å². The largest absolute Gasteiger partial charge is 0.493 e. The standard InChI is InChI=1S/C20H15ClN4O5/c21-11-2-1-3-12(7-11)25-19(27)17(18(26)22-20(25)28)14-8-13(23-24-14)10-4-5-15-16(6-10)30-9-29-15/h1-7,13,23,27H,8-9H2,(H,22,26,28)/t13-/m0/s1. The van der Waals surface area contributed by atoms with Crippen molar-refractivity contribution < 1.29 is 14.6 Å². The molecule has 9 nitrogen and oxygen atoms in total. The lowest BCUT2D eigenvalue weighted by atomic mass is 9.99. The third-order valence-electron chi connectivity index (χ3n) is 4.99. The number of ether oxygens (including phenoxy) is 2. The van der Waals surface area contributed by atoms with Crippen LogP contribution in [0.3, 0.4) is 0 Å². The number of aromatic hydroxyl groups is 1. The normalized spacial score (nSPS) is 17.0. The lowest BCUT2D eigenvalue weighted by Gasteiger charge is -2.12. The van der Waals surface area contributed by atoms with Crippen LogP contribution in [-0.2, 0) is 0 Å². The number of hydrogen-bond acceptors (Lipinski definition) is 7. The highest BCUT2D eigenvalue weighted by Crippen LogP contribution is 2.36. The number of nitrogens with zero attached hydrogens (tertiary/aromatic N) is 2. The molecule has 0 bridgehead atoms. The van der Waals surface area contributed by atoms with Crippen molar-refractivity contribution in [3.8, 4) is 23.1 Å². The molecular formula is C20H15ClN4O5. The topological polar surface area (TPSA) is 118 Å². The lowest BCUT2D eigenvalue weighted by Crippen LogP contribution is -2.33. The zero-order chi connectivity index (χ0) is 20.8. The molecule has 30 heavy (non-hydrogen) atoms. The molecule has 0 spiro atoms. The molecule has 2 aliphatic heterocycles. The van der Waals surface area contributed by atoms with E-state index in [2.05, 4.69) is 15.5 Å². The zero-order valence-electron chi connectivity index (χ0n) is 15.4. The molecule has 3 N–H and O–H groups in total. The summed E-state index contributed by atoms with van der Waals surface area (Å²) in [5, 5.41) is 15.4. The fourth-order valence-electron chi connectivity index (χ4n) is 3.56. The summed E-state index contributed by atoms with van der Waals surface area (Å²) in [6.45, 7) is 0.174. The minimum Gasteiger partial charge on any atom is -0.493 e. The minimum absolute atomic E-state index is 0.0784. The van der Waals surface area contributed by atoms with E-state index in [1.807, 2.05) is 12.1 Å². The first-order valence-electron chi connectivity index (χ1n) is 9.07. The van der Waals surface area contributed by atoms with Crippen LogP contribution < -0.4 is 26.1 Å². The van der Waals surface area contributed by atoms with Gasteiger partial charge in [-0.25, -0.2) is 9.36 Å². The summed E-state index contributed by atoms with van der Waals surface area (Å²) in [4.78, 5) is 27.1. The van der Waals surface area contributed by atoms with E-state index in [0.29, 0.717) is 34.3 Å². The van der Waals surface area contributed by atoms with Gasteiger partial charge in [-0.15, -0.1) is 0 Å². The van der Waals surface area contributed by atoms with Gasteiger partial charge >= 0.3 is 5.69 Å². The third kappa shape index (κ3) is 3.00. The van der Waals surface area contributed by atoms with Crippen molar-refractivity contribution >= 4 is 17.3 Å². The van der Waals surface area contributed by atoms with E-state index in [-0.39, 0.29) is 18.4 Å². The Labute approximate surface area is 174 Å². The van der Waals surface area contributed by atoms with Gasteiger partial charge in [0.15, 0.2) is 11.5 Å². The van der Waals surface area contributed by atoms with Crippen molar-refractivity contribution in [2.24, 2.45) is 5.10 Å². The number of rotatable bonds is 3. The monoisotopic (exact) mass is 426 g/mol. The molecule has 2 aliphatic rings. The molecule has 0 unspecified atom stereocenters. The molecule has 0 radical (unpaired) electrons. The Hall–Kier alpha value is -3.72. The number of aromatic nitrogens is 2. The van der Waals surface area contributed by atoms with Crippen LogP contribution >= 0.6 is 11.6 Å². The number of H-pyrrole nitrogens is 1. The van der Waals surface area contributed by atoms with Gasteiger partial charge in [0.05, 0.1) is 17.4 Å². The van der Waals surface area contributed by atoms with Crippen molar-refractivity contribution in [2.45, 2.75) is 12.5 Å². The summed E-state index contributed by atoms with van der Waals surface area (Å²) in [5.41, 5.74) is 2.93. The third-order valence-corrected chi connectivity index (χ3v) is 5.23. The Morgan fingerprint density at radius 3 is 2.80 bits per heavy atom. The SMILES string of the molecule is O=c1[nH]c(=O)n(-c2cccc(Cl)c2)c(O)c1C1=NN[C@H](c2ccc3c(c2)OCO3)C1. The highest BCUT2D eigenvalue weighted by molar-refractivity contribution is 6.30. The second-order valence-electron chi connectivity index (χ2n) is 6.83. The molecule has 5 rings (SSSR count). The molecule has 1 aromatic heterocycles. The first-order valence-corrected chi connectivity index (χ1v) is 9.45. The van der Waals surface area contributed by atoms with Crippen molar-refractivity contribution in [2.75, 3.05) is 6.79 Å². The molecule has 10 heteroatoms. The summed E-state index contributed by atoms with van der Waals surface area (Å²) < 4.78 is 11.7. The van der Waals surface area contributed by atoms with Gasteiger partial charge in [0, 0.05) is 11.4 Å². The van der Waals surface area contributed by atoms with E-state index in [1.165, 1.54) is 6.07 Å². The average Bonchev–Trinajstić information content (AvgIpc) is 3.36. The lowest BCUT2D eigenvalue weighted by molar-refractivity contribution is 0.174. The van der Waals surface area contributed by atoms with Crippen LogP contribution in [0.4, 0.5) is 0 Å². The smallest absolute Gasteiger partial charge is 0.335 e. The molecule has 1 atom stereocenters. The summed E-state index contributed by atoms with van der Waals surface area (Å²) in [5.74, 6) is 0.802. The van der Waals surface area contributed by atoms with Crippen LogP contribution in [0.1, 0.15) is 23.6 Å². The predicted octanol–water partition coefficient (Wildman–Crippen LogP) is 2.05. The summed E-state index contributed by atoms with van der Waals surface area (Å²) in [6.07, 6.45) is 0.323. The van der Waals surface area contributed by atoms with E-state index in [0.717, 1.165) is 10.1 Å². The average molecular weight is 427 g/mol. The Morgan fingerprint density at radius 2 is 1.97 bits per heavy atom. The second kappa shape index (κ2) is 6.96. The number of benzene rings is 2. The quantitative estimate of drug-likeness (QED) is 0.590. The van der Waals surface area contributed by atoms with Crippen LogP contribution in [0.25, 0.3) is 5.69 Å². The van der Waals surface area contributed by atoms with Gasteiger partial charge in [0.25, 0.3) is 5.56 Å². The first kappa shape index (κ1) is 18.3. The van der Waals surface area contributed by atoms with Crippen molar-refractivity contribution in [3.63, 3.8) is 0 Å². The number of halogens is 1. The molecule has 0 saturated carbocycles. The molecule has 0 saturated heterocycles. The number of nitrogens with one attached hydrogen (secondary N) is 2. The first-order chi connectivity index (χ1) is 14.5. The molecule has 2 aromatic carbocycles. The number of hydrogen-bond donors (Lipinski definition) is 3. The summed E-state index contributed by atoms with van der Waals surface area (Å²) in [7, 11) is 0. The minimum atomic E-state index is -0.776. The Morgan fingerprint density at radius 1 is 1.13 bits per heavy atom. The highest BCUT2D eigenvalue weighted by atomic mass is 35.5. The molecule has 0 aliphatic carbocycles. The number of aromatic amines is 1. The second-order valence-corrected chi connectivity index (χ2v) is 7.27. The maximum Gasteiger partial charge on any atom is 0.335 e. The molecule has 3 heterocycles. The van der Waals surface area contributed by atoms with Crippen LogP contribution in [0.2, 0.25) is 5.02 Å². The summed E-state index contributed by atoms with van der Waals surface area (Å²) in [6, 6.07) is 11.7. The van der Waals surface area contributed by atoms with Gasteiger partial charge in [-0.2, -0.15) is 5.10 Å². The van der Waals surface area contributed by atoms with Crippen LogP contribution in [0.5, 0.6) is 17.4 Å². The molecule has 152 valence electrons. The predicted molar refractivity (Wildman–Crippen MR) is 109 cm³/mol. The van der Waals surface area contributed by atoms with Crippen LogP contribution in [0.15, 0.2) is 57.2 Å². The van der Waals surface area contributed by atoms with Gasteiger partial charge < -0.3 is 20.0 Å². The maximum absolute atomic E-state index is 12.5. The number of fused-ring (bicyclic) bond motifs is 1. The number of hydrazone groups is 1. The van der Waals surface area contributed by atoms with E-state index < -0.39 is 17.1 Å². The van der Waals surface area contributed by atoms with E-state index in [4.69, 9.17) is 21.1 Å². The fourth-order valence-corrected chi connectivity index (χ4v) is 3.75. The van der Waals surface area contributed by atoms with Crippen LogP contribution in [-0.4, -0.2) is 27.2 Å². The van der Waals surface area contributed by atoms with Crippen molar-refractivity contribution in [1.29, 1.82) is 0 Å². The van der Waals surface area contributed by atoms with Gasteiger partial charge in [-0.05, 0) is 35.9 Å². The van der Waals surface area contributed by atoms with E-state index >= 15 is 0 Å².